The first-order valence-electron chi connectivity index (χ1n) is 7.59. The van der Waals surface area contributed by atoms with Crippen LogP contribution >= 0.6 is 0 Å². The molecule has 1 aliphatic rings. The number of aliphatic hydroxyl groups is 1. The standard InChI is InChI=1S/C16H21NO5/c1-11(18)13-7-8-16(14(9-13)17(20)21)22-10-15(19)12-5-3-2-4-6-12/h7-9,12,15,19H,2-6,10H2,1H3/t15-/m1/s1. The van der Waals surface area contributed by atoms with Gasteiger partial charge in [0.1, 0.15) is 6.61 Å². The fourth-order valence-electron chi connectivity index (χ4n) is 2.83. The Hall–Kier alpha value is -1.95. The SMILES string of the molecule is CC(=O)c1ccc(OC[C@@H](O)C2CCCCC2)c([N+](=O)[O-])c1. The number of Topliss-reactive ketones (excluding diaryl/α,β-unsaturated/α-hetero) is 1. The number of rotatable bonds is 6. The third-order valence-corrected chi connectivity index (χ3v) is 4.17. The summed E-state index contributed by atoms with van der Waals surface area (Å²) < 4.78 is 5.45. The van der Waals surface area contributed by atoms with Crippen molar-refractivity contribution in [2.45, 2.75) is 45.1 Å². The largest absolute Gasteiger partial charge is 0.484 e. The minimum atomic E-state index is -0.618. The van der Waals surface area contributed by atoms with Gasteiger partial charge < -0.3 is 9.84 Å². The molecule has 0 aliphatic heterocycles. The van der Waals surface area contributed by atoms with Crippen LogP contribution in [0.4, 0.5) is 5.69 Å². The molecule has 1 aromatic rings. The summed E-state index contributed by atoms with van der Waals surface area (Å²) in [7, 11) is 0. The topological polar surface area (TPSA) is 89.7 Å². The van der Waals surface area contributed by atoms with Crippen molar-refractivity contribution in [3.05, 3.63) is 33.9 Å². The van der Waals surface area contributed by atoms with Gasteiger partial charge in [0.2, 0.25) is 0 Å². The van der Waals surface area contributed by atoms with E-state index in [4.69, 9.17) is 4.74 Å². The third kappa shape index (κ3) is 4.04. The molecule has 0 unspecified atom stereocenters. The number of carbonyl (C=O) groups is 1. The molecule has 1 N–H and O–H groups in total. The monoisotopic (exact) mass is 307 g/mol. The van der Waals surface area contributed by atoms with Crippen LogP contribution in [0.5, 0.6) is 5.75 Å². The lowest BCUT2D eigenvalue weighted by Gasteiger charge is -2.26. The van der Waals surface area contributed by atoms with E-state index in [9.17, 15) is 20.0 Å². The van der Waals surface area contributed by atoms with E-state index < -0.39 is 11.0 Å². The first kappa shape index (κ1) is 16.4. The molecule has 1 atom stereocenters. The zero-order valence-electron chi connectivity index (χ0n) is 12.7. The number of ketones is 1. The lowest BCUT2D eigenvalue weighted by molar-refractivity contribution is -0.386. The molecule has 6 nitrogen and oxygen atoms in total. The van der Waals surface area contributed by atoms with Gasteiger partial charge in [-0.2, -0.15) is 0 Å². The van der Waals surface area contributed by atoms with Crippen molar-refractivity contribution in [2.24, 2.45) is 5.92 Å². The Morgan fingerprint density at radius 3 is 2.68 bits per heavy atom. The summed E-state index contributed by atoms with van der Waals surface area (Å²) in [5.74, 6) is 0.0473. The van der Waals surface area contributed by atoms with Gasteiger partial charge in [-0.1, -0.05) is 19.3 Å². The van der Waals surface area contributed by atoms with Crippen molar-refractivity contribution in [1.82, 2.24) is 0 Å². The number of nitro benzene ring substituents is 1. The van der Waals surface area contributed by atoms with Gasteiger partial charge >= 0.3 is 5.69 Å². The Kier molecular flexibility index (Phi) is 5.49. The average molecular weight is 307 g/mol. The van der Waals surface area contributed by atoms with Crippen LogP contribution in [-0.2, 0) is 0 Å². The summed E-state index contributed by atoms with van der Waals surface area (Å²) in [6.07, 6.45) is 4.73. The molecule has 0 amide bonds. The van der Waals surface area contributed by atoms with Gasteiger partial charge in [0.05, 0.1) is 11.0 Å². The van der Waals surface area contributed by atoms with Crippen molar-refractivity contribution >= 4 is 11.5 Å². The second kappa shape index (κ2) is 7.35. The number of carbonyl (C=O) groups excluding carboxylic acids is 1. The van der Waals surface area contributed by atoms with Crippen LogP contribution in [0.1, 0.15) is 49.4 Å². The zero-order chi connectivity index (χ0) is 16.1. The minimum Gasteiger partial charge on any atom is -0.484 e. The van der Waals surface area contributed by atoms with E-state index in [1.54, 1.807) is 0 Å². The van der Waals surface area contributed by atoms with E-state index in [0.29, 0.717) is 0 Å². The van der Waals surface area contributed by atoms with Gasteiger partial charge in [-0.25, -0.2) is 0 Å². The zero-order valence-corrected chi connectivity index (χ0v) is 12.7. The van der Waals surface area contributed by atoms with E-state index in [2.05, 4.69) is 0 Å². The third-order valence-electron chi connectivity index (χ3n) is 4.17. The maximum atomic E-state index is 11.3. The summed E-state index contributed by atoms with van der Waals surface area (Å²) in [6, 6.07) is 4.13. The van der Waals surface area contributed by atoms with Gasteiger partial charge in [-0.05, 0) is 37.8 Å². The predicted molar refractivity (Wildman–Crippen MR) is 81.2 cm³/mol. The fraction of sp³-hybridized carbons (Fsp3) is 0.562. The molecular formula is C16H21NO5. The maximum absolute atomic E-state index is 11.3. The molecule has 6 heteroatoms. The number of benzene rings is 1. The minimum absolute atomic E-state index is 0.0327. The van der Waals surface area contributed by atoms with E-state index >= 15 is 0 Å². The quantitative estimate of drug-likeness (QED) is 0.495. The summed E-state index contributed by atoms with van der Waals surface area (Å²) in [5, 5.41) is 21.3. The van der Waals surface area contributed by atoms with E-state index in [1.165, 1.54) is 31.5 Å². The molecule has 1 fully saturated rings. The highest BCUT2D eigenvalue weighted by Crippen LogP contribution is 2.30. The Morgan fingerprint density at radius 1 is 1.41 bits per heavy atom. The summed E-state index contributed by atoms with van der Waals surface area (Å²) in [4.78, 5) is 21.8. The van der Waals surface area contributed by atoms with Crippen LogP contribution in [0.15, 0.2) is 18.2 Å². The first-order chi connectivity index (χ1) is 10.5. The first-order valence-corrected chi connectivity index (χ1v) is 7.59. The second-order valence-electron chi connectivity index (χ2n) is 5.77. The Balaban J connectivity index is 2.05. The summed E-state index contributed by atoms with van der Waals surface area (Å²) >= 11 is 0. The molecule has 120 valence electrons. The normalized spacial score (nSPS) is 17.0. The van der Waals surface area contributed by atoms with Gasteiger partial charge in [-0.3, -0.25) is 14.9 Å². The Bertz CT molecular complexity index is 551. The summed E-state index contributed by atoms with van der Waals surface area (Å²) in [5.41, 5.74) is 0.0235. The molecule has 0 spiro atoms. The lowest BCUT2D eigenvalue weighted by atomic mass is 9.85. The van der Waals surface area contributed by atoms with Gasteiger partial charge in [0.25, 0.3) is 0 Å². The van der Waals surface area contributed by atoms with Crippen molar-refractivity contribution in [3.8, 4) is 5.75 Å². The number of ether oxygens (including phenoxy) is 1. The van der Waals surface area contributed by atoms with E-state index in [0.717, 1.165) is 25.7 Å². The molecule has 2 rings (SSSR count). The van der Waals surface area contributed by atoms with Crippen molar-refractivity contribution < 1.29 is 19.6 Å². The molecule has 1 aliphatic carbocycles. The van der Waals surface area contributed by atoms with E-state index in [1.807, 2.05) is 0 Å². The molecule has 1 aromatic carbocycles. The number of hydrogen-bond acceptors (Lipinski definition) is 5. The van der Waals surface area contributed by atoms with Crippen molar-refractivity contribution in [2.75, 3.05) is 6.61 Å². The molecule has 0 heterocycles. The van der Waals surface area contributed by atoms with Gasteiger partial charge in [0.15, 0.2) is 11.5 Å². The predicted octanol–water partition coefficient (Wildman–Crippen LogP) is 3.12. The van der Waals surface area contributed by atoms with Gasteiger partial charge in [-0.15, -0.1) is 0 Å². The molecule has 0 saturated heterocycles. The molecule has 0 bridgehead atoms. The molecule has 0 radical (unpaired) electrons. The number of nitro groups is 1. The number of aliphatic hydroxyl groups excluding tert-OH is 1. The summed E-state index contributed by atoms with van der Waals surface area (Å²) in [6.45, 7) is 1.39. The number of hydrogen-bond donors (Lipinski definition) is 1. The maximum Gasteiger partial charge on any atom is 0.311 e. The van der Waals surface area contributed by atoms with Crippen LogP contribution in [0.2, 0.25) is 0 Å². The molecule has 0 aromatic heterocycles. The number of nitrogens with zero attached hydrogens (tertiary/aromatic N) is 1. The van der Waals surface area contributed by atoms with Crippen molar-refractivity contribution in [3.63, 3.8) is 0 Å². The van der Waals surface area contributed by atoms with Crippen LogP contribution < -0.4 is 4.74 Å². The fourth-order valence-corrected chi connectivity index (χ4v) is 2.83. The van der Waals surface area contributed by atoms with Crippen LogP contribution in [0.25, 0.3) is 0 Å². The highest BCUT2D eigenvalue weighted by atomic mass is 16.6. The van der Waals surface area contributed by atoms with Gasteiger partial charge in [0, 0.05) is 11.6 Å². The van der Waals surface area contributed by atoms with E-state index in [-0.39, 0.29) is 35.3 Å². The molecular weight excluding hydrogens is 286 g/mol. The Morgan fingerprint density at radius 2 is 2.09 bits per heavy atom. The smallest absolute Gasteiger partial charge is 0.311 e. The molecule has 22 heavy (non-hydrogen) atoms. The second-order valence-corrected chi connectivity index (χ2v) is 5.77. The highest BCUT2D eigenvalue weighted by molar-refractivity contribution is 5.95. The average Bonchev–Trinajstić information content (AvgIpc) is 2.53. The van der Waals surface area contributed by atoms with Crippen molar-refractivity contribution in [1.29, 1.82) is 0 Å². The van der Waals surface area contributed by atoms with Crippen LogP contribution in [0.3, 0.4) is 0 Å². The van der Waals surface area contributed by atoms with Crippen LogP contribution in [0, 0.1) is 16.0 Å². The Labute approximate surface area is 129 Å². The lowest BCUT2D eigenvalue weighted by Crippen LogP contribution is -2.29. The van der Waals surface area contributed by atoms with Crippen LogP contribution in [-0.4, -0.2) is 28.5 Å². The highest BCUT2D eigenvalue weighted by Gasteiger charge is 2.24. The molecule has 1 saturated carbocycles.